The Kier molecular flexibility index (Phi) is 5.22. The Balaban J connectivity index is 2.19. The lowest BCUT2D eigenvalue weighted by Crippen LogP contribution is -2.14. The van der Waals surface area contributed by atoms with Gasteiger partial charge in [0.1, 0.15) is 0 Å². The number of nitrogens with one attached hydrogen (secondary N) is 1. The van der Waals surface area contributed by atoms with Crippen molar-refractivity contribution in [3.63, 3.8) is 0 Å². The highest BCUT2D eigenvalue weighted by atomic mass is 19.1. The average Bonchev–Trinajstić information content (AvgIpc) is 2.45. The molecule has 1 N–H and O–H groups in total. The minimum Gasteiger partial charge on any atom is -0.448 e. The summed E-state index contributed by atoms with van der Waals surface area (Å²) in [6.45, 7) is 3.12. The second kappa shape index (κ2) is 7.13. The molecule has 0 spiro atoms. The molecule has 0 aliphatic heterocycles. The first-order valence-corrected chi connectivity index (χ1v) is 6.73. The highest BCUT2D eigenvalue weighted by Gasteiger charge is 2.15. The van der Waals surface area contributed by atoms with E-state index in [0.717, 1.165) is 19.0 Å². The van der Waals surface area contributed by atoms with Crippen LogP contribution in [0.4, 0.5) is 13.2 Å². The van der Waals surface area contributed by atoms with Gasteiger partial charge in [0.15, 0.2) is 29.0 Å². The van der Waals surface area contributed by atoms with Gasteiger partial charge in [-0.3, -0.25) is 0 Å². The minimum absolute atomic E-state index is 0.216. The molecule has 2 rings (SSSR count). The van der Waals surface area contributed by atoms with E-state index in [1.165, 1.54) is 30.3 Å². The molecule has 5 heteroatoms. The van der Waals surface area contributed by atoms with E-state index >= 15 is 0 Å². The van der Waals surface area contributed by atoms with Crippen LogP contribution in [0.15, 0.2) is 36.4 Å². The number of halogens is 3. The van der Waals surface area contributed by atoms with Crippen LogP contribution in [0.25, 0.3) is 0 Å². The zero-order valence-electron chi connectivity index (χ0n) is 11.6. The first-order valence-electron chi connectivity index (χ1n) is 6.73. The molecule has 0 heterocycles. The third-order valence-corrected chi connectivity index (χ3v) is 2.86. The Labute approximate surface area is 121 Å². The molecule has 2 aromatic rings. The summed E-state index contributed by atoms with van der Waals surface area (Å²) >= 11 is 0. The largest absolute Gasteiger partial charge is 0.448 e. The Bertz CT molecular complexity index is 593. The quantitative estimate of drug-likeness (QED) is 0.798. The lowest BCUT2D eigenvalue weighted by molar-refractivity contribution is 0.386. The fourth-order valence-corrected chi connectivity index (χ4v) is 1.86. The van der Waals surface area contributed by atoms with Crippen LogP contribution >= 0.6 is 0 Å². The third-order valence-electron chi connectivity index (χ3n) is 2.86. The molecular weight excluding hydrogens is 279 g/mol. The van der Waals surface area contributed by atoms with Crippen molar-refractivity contribution in [2.24, 2.45) is 0 Å². The molecule has 21 heavy (non-hydrogen) atoms. The number of benzene rings is 2. The zero-order valence-corrected chi connectivity index (χ0v) is 11.6. The summed E-state index contributed by atoms with van der Waals surface area (Å²) in [6.07, 6.45) is 0.930. The Morgan fingerprint density at radius 3 is 2.29 bits per heavy atom. The van der Waals surface area contributed by atoms with Crippen molar-refractivity contribution in [3.05, 3.63) is 59.4 Å². The number of para-hydroxylation sites is 1. The van der Waals surface area contributed by atoms with Gasteiger partial charge in [0, 0.05) is 6.54 Å². The van der Waals surface area contributed by atoms with E-state index in [0.29, 0.717) is 12.1 Å². The molecule has 0 saturated carbocycles. The number of rotatable bonds is 6. The smallest absolute Gasteiger partial charge is 0.198 e. The van der Waals surface area contributed by atoms with Crippen LogP contribution in [0.2, 0.25) is 0 Å². The predicted octanol–water partition coefficient (Wildman–Crippen LogP) is 4.40. The Hall–Kier alpha value is -2.01. The summed E-state index contributed by atoms with van der Waals surface area (Å²) in [5, 5.41) is 3.05. The van der Waals surface area contributed by atoms with Crippen LogP contribution < -0.4 is 10.1 Å². The topological polar surface area (TPSA) is 21.3 Å². The minimum atomic E-state index is -0.855. The van der Waals surface area contributed by atoms with Gasteiger partial charge in [-0.05, 0) is 42.8 Å². The van der Waals surface area contributed by atoms with E-state index in [1.807, 2.05) is 6.92 Å². The lowest BCUT2D eigenvalue weighted by Gasteiger charge is -2.11. The molecule has 0 saturated heterocycles. The fraction of sp³-hybridized carbons (Fsp3) is 0.250. The molecule has 2 aromatic carbocycles. The van der Waals surface area contributed by atoms with Crippen LogP contribution in [-0.4, -0.2) is 6.54 Å². The van der Waals surface area contributed by atoms with Gasteiger partial charge in [0.25, 0.3) is 0 Å². The maximum absolute atomic E-state index is 13.9. The van der Waals surface area contributed by atoms with Crippen molar-refractivity contribution in [3.8, 4) is 11.5 Å². The van der Waals surface area contributed by atoms with Crippen LogP contribution in [-0.2, 0) is 6.54 Å². The summed E-state index contributed by atoms with van der Waals surface area (Å²) in [5.74, 6) is -3.20. The molecule has 112 valence electrons. The summed E-state index contributed by atoms with van der Waals surface area (Å²) in [5.41, 5.74) is 0.472. The summed E-state index contributed by atoms with van der Waals surface area (Å²) in [7, 11) is 0. The summed E-state index contributed by atoms with van der Waals surface area (Å²) < 4.78 is 46.3. The fourth-order valence-electron chi connectivity index (χ4n) is 1.86. The van der Waals surface area contributed by atoms with Crippen molar-refractivity contribution in [1.29, 1.82) is 0 Å². The molecule has 0 fully saturated rings. The molecule has 0 bridgehead atoms. The van der Waals surface area contributed by atoms with E-state index in [9.17, 15) is 13.2 Å². The van der Waals surface area contributed by atoms with E-state index in [1.54, 1.807) is 0 Å². The molecule has 0 aliphatic carbocycles. The van der Waals surface area contributed by atoms with Crippen LogP contribution in [0.1, 0.15) is 18.9 Å². The van der Waals surface area contributed by atoms with Crippen LogP contribution in [0.5, 0.6) is 11.5 Å². The second-order valence-corrected chi connectivity index (χ2v) is 4.60. The van der Waals surface area contributed by atoms with Gasteiger partial charge in [-0.15, -0.1) is 0 Å². The monoisotopic (exact) mass is 295 g/mol. The molecule has 0 radical (unpaired) electrons. The number of hydrogen-bond donors (Lipinski definition) is 1. The lowest BCUT2D eigenvalue weighted by atomic mass is 10.2. The normalized spacial score (nSPS) is 10.7. The van der Waals surface area contributed by atoms with Crippen molar-refractivity contribution < 1.29 is 17.9 Å². The first-order chi connectivity index (χ1) is 10.1. The summed E-state index contributed by atoms with van der Waals surface area (Å²) in [6, 6.07) is 7.83. The van der Waals surface area contributed by atoms with Gasteiger partial charge in [0.05, 0.1) is 0 Å². The van der Waals surface area contributed by atoms with Crippen LogP contribution in [0.3, 0.4) is 0 Å². The average molecular weight is 295 g/mol. The van der Waals surface area contributed by atoms with Gasteiger partial charge in [-0.2, -0.15) is 0 Å². The molecule has 0 amide bonds. The number of hydrogen-bond acceptors (Lipinski definition) is 2. The van der Waals surface area contributed by atoms with E-state index in [-0.39, 0.29) is 5.75 Å². The van der Waals surface area contributed by atoms with Gasteiger partial charge in [-0.25, -0.2) is 13.2 Å². The van der Waals surface area contributed by atoms with Gasteiger partial charge in [0.2, 0.25) is 0 Å². The molecule has 2 nitrogen and oxygen atoms in total. The summed E-state index contributed by atoms with van der Waals surface area (Å²) in [4.78, 5) is 0. The van der Waals surface area contributed by atoms with E-state index in [2.05, 4.69) is 5.32 Å². The molecule has 0 atom stereocenters. The Morgan fingerprint density at radius 2 is 1.67 bits per heavy atom. The molecule has 0 aromatic heterocycles. The van der Waals surface area contributed by atoms with Crippen molar-refractivity contribution in [1.82, 2.24) is 5.32 Å². The maximum Gasteiger partial charge on any atom is 0.198 e. The van der Waals surface area contributed by atoms with E-state index < -0.39 is 23.2 Å². The SMILES string of the molecule is CCCNCc1cc(F)c(Oc2ccccc2F)c(F)c1. The van der Waals surface area contributed by atoms with Crippen molar-refractivity contribution in [2.45, 2.75) is 19.9 Å². The van der Waals surface area contributed by atoms with Crippen molar-refractivity contribution >= 4 is 0 Å². The first kappa shape index (κ1) is 15.4. The predicted molar refractivity (Wildman–Crippen MR) is 74.8 cm³/mol. The molecule has 0 unspecified atom stereocenters. The van der Waals surface area contributed by atoms with Gasteiger partial charge in [-0.1, -0.05) is 19.1 Å². The van der Waals surface area contributed by atoms with Crippen LogP contribution in [0, 0.1) is 17.5 Å². The molecular formula is C16H16F3NO. The third kappa shape index (κ3) is 3.98. The maximum atomic E-state index is 13.9. The Morgan fingerprint density at radius 1 is 1.00 bits per heavy atom. The van der Waals surface area contributed by atoms with Gasteiger partial charge >= 0.3 is 0 Å². The standard InChI is InChI=1S/C16H16F3NO/c1-2-7-20-10-11-8-13(18)16(14(19)9-11)21-15-6-4-3-5-12(15)17/h3-6,8-9,20H,2,7,10H2,1H3. The molecule has 0 aliphatic rings. The highest BCUT2D eigenvalue weighted by molar-refractivity contribution is 5.36. The van der Waals surface area contributed by atoms with Crippen molar-refractivity contribution in [2.75, 3.05) is 6.54 Å². The van der Waals surface area contributed by atoms with Gasteiger partial charge < -0.3 is 10.1 Å². The zero-order chi connectivity index (χ0) is 15.2. The number of ether oxygens (including phenoxy) is 1. The highest BCUT2D eigenvalue weighted by Crippen LogP contribution is 2.30. The van der Waals surface area contributed by atoms with E-state index in [4.69, 9.17) is 4.74 Å². The second-order valence-electron chi connectivity index (χ2n) is 4.60.